The number of aromatic hydroxyl groups is 1. The summed E-state index contributed by atoms with van der Waals surface area (Å²) in [6.45, 7) is 0. The molecule has 3 nitrogen and oxygen atoms in total. The number of hydrogen-bond acceptors (Lipinski definition) is 2. The van der Waals surface area contributed by atoms with E-state index in [0.717, 1.165) is 5.46 Å². The van der Waals surface area contributed by atoms with Gasteiger partial charge in [0.05, 0.1) is 11.2 Å². The number of halogens is 1. The van der Waals surface area contributed by atoms with Gasteiger partial charge in [-0.3, -0.25) is 0 Å². The first-order valence-corrected chi connectivity index (χ1v) is 3.89. The summed E-state index contributed by atoms with van der Waals surface area (Å²) >= 11 is 5.79. The lowest BCUT2D eigenvalue weighted by Gasteiger charge is -1.99. The van der Waals surface area contributed by atoms with Gasteiger partial charge in [0.15, 0.2) is 0 Å². The lowest BCUT2D eigenvalue weighted by atomic mass is 9.98. The van der Waals surface area contributed by atoms with Crippen molar-refractivity contribution in [3.63, 3.8) is 0 Å². The molecule has 0 unspecified atom stereocenters. The summed E-state index contributed by atoms with van der Waals surface area (Å²) in [5, 5.41) is 13.9. The Kier molecular flexibility index (Phi) is 1.51. The van der Waals surface area contributed by atoms with Gasteiger partial charge in [0.2, 0.25) is 0 Å². The summed E-state index contributed by atoms with van der Waals surface area (Å²) in [6, 6.07) is 1.66. The van der Waals surface area contributed by atoms with Crippen LogP contribution in [0.1, 0.15) is 0 Å². The van der Waals surface area contributed by atoms with Gasteiger partial charge in [-0.1, -0.05) is 17.1 Å². The zero-order chi connectivity index (χ0) is 8.72. The van der Waals surface area contributed by atoms with Crippen LogP contribution in [0.4, 0.5) is 0 Å². The monoisotopic (exact) mass is 180 g/mol. The molecule has 12 heavy (non-hydrogen) atoms. The number of aromatic nitrogens is 2. The lowest BCUT2D eigenvalue weighted by Crippen LogP contribution is -2.05. The van der Waals surface area contributed by atoms with Gasteiger partial charge in [-0.15, -0.1) is 0 Å². The maximum atomic E-state index is 9.48. The fourth-order valence-corrected chi connectivity index (χ4v) is 1.42. The average Bonchev–Trinajstić information content (AvgIpc) is 2.31. The largest absolute Gasteiger partial charge is 0.506 e. The summed E-state index contributed by atoms with van der Waals surface area (Å²) in [5.74, 6) is 0.164. The Labute approximate surface area is 75.0 Å². The fourth-order valence-electron chi connectivity index (χ4n) is 1.19. The molecule has 0 radical (unpaired) electrons. The molecule has 5 heteroatoms. The van der Waals surface area contributed by atoms with Gasteiger partial charge in [-0.2, -0.15) is 5.10 Å². The predicted octanol–water partition coefficient (Wildman–Crippen LogP) is -0.0483. The smallest absolute Gasteiger partial charge is 0.142 e. The van der Waals surface area contributed by atoms with Gasteiger partial charge in [0, 0.05) is 6.20 Å². The van der Waals surface area contributed by atoms with Crippen LogP contribution in [0.15, 0.2) is 18.5 Å². The SMILES string of the molecule is Bc1cc(O)c2c(Cl)cnn2c1. The predicted molar refractivity (Wildman–Crippen MR) is 50.0 cm³/mol. The second-order valence-corrected chi connectivity index (χ2v) is 3.10. The minimum atomic E-state index is 0.164. The minimum Gasteiger partial charge on any atom is -0.506 e. The van der Waals surface area contributed by atoms with Crippen molar-refractivity contribution in [2.45, 2.75) is 0 Å². The van der Waals surface area contributed by atoms with Crippen LogP contribution in [0.3, 0.4) is 0 Å². The Morgan fingerprint density at radius 1 is 1.58 bits per heavy atom. The number of pyridine rings is 1. The summed E-state index contributed by atoms with van der Waals surface area (Å²) in [7, 11) is 1.88. The maximum absolute atomic E-state index is 9.48. The third kappa shape index (κ3) is 0.957. The van der Waals surface area contributed by atoms with Crippen molar-refractivity contribution in [2.75, 3.05) is 0 Å². The maximum Gasteiger partial charge on any atom is 0.142 e. The Balaban J connectivity index is 2.93. The molecule has 0 aliphatic rings. The number of hydrogen-bond donors (Lipinski definition) is 1. The standard InChI is InChI=1S/C7H6BClN2O/c8-4-1-6(12)7-5(9)2-10-11(7)3-4/h1-3,12H,8H2. The van der Waals surface area contributed by atoms with Gasteiger partial charge in [-0.05, 0) is 6.07 Å². The summed E-state index contributed by atoms with van der Waals surface area (Å²) in [6.07, 6.45) is 3.32. The molecule has 0 spiro atoms. The van der Waals surface area contributed by atoms with Crippen LogP contribution in [0.25, 0.3) is 5.52 Å². The number of rotatable bonds is 0. The van der Waals surface area contributed by atoms with Crippen LogP contribution in [-0.4, -0.2) is 22.6 Å². The van der Waals surface area contributed by atoms with Gasteiger partial charge >= 0.3 is 0 Å². The van der Waals surface area contributed by atoms with Crippen LogP contribution in [0.2, 0.25) is 5.02 Å². The van der Waals surface area contributed by atoms with Crippen LogP contribution < -0.4 is 5.46 Å². The van der Waals surface area contributed by atoms with Gasteiger partial charge < -0.3 is 5.11 Å². The van der Waals surface area contributed by atoms with E-state index in [9.17, 15) is 5.11 Å². The molecule has 2 rings (SSSR count). The third-order valence-electron chi connectivity index (χ3n) is 1.68. The molecule has 2 heterocycles. The van der Waals surface area contributed by atoms with Crippen molar-refractivity contribution in [1.29, 1.82) is 0 Å². The van der Waals surface area contributed by atoms with E-state index in [1.807, 2.05) is 7.85 Å². The molecule has 60 valence electrons. The van der Waals surface area contributed by atoms with Gasteiger partial charge in [-0.25, -0.2) is 4.52 Å². The van der Waals surface area contributed by atoms with E-state index in [2.05, 4.69) is 5.10 Å². The van der Waals surface area contributed by atoms with Crippen molar-refractivity contribution < 1.29 is 5.11 Å². The van der Waals surface area contributed by atoms with E-state index in [-0.39, 0.29) is 5.75 Å². The third-order valence-corrected chi connectivity index (χ3v) is 1.96. The Morgan fingerprint density at radius 3 is 3.08 bits per heavy atom. The Morgan fingerprint density at radius 2 is 2.33 bits per heavy atom. The van der Waals surface area contributed by atoms with Crippen LogP contribution >= 0.6 is 11.6 Å². The minimum absolute atomic E-state index is 0.164. The first kappa shape index (κ1) is 7.49. The van der Waals surface area contributed by atoms with Gasteiger partial charge in [0.25, 0.3) is 0 Å². The van der Waals surface area contributed by atoms with E-state index in [4.69, 9.17) is 11.6 Å². The van der Waals surface area contributed by atoms with E-state index in [0.29, 0.717) is 10.5 Å². The molecule has 2 aromatic heterocycles. The Hall–Kier alpha value is -1.16. The molecule has 0 saturated heterocycles. The quantitative estimate of drug-likeness (QED) is 0.577. The Bertz CT molecular complexity index is 440. The van der Waals surface area contributed by atoms with E-state index in [1.165, 1.54) is 6.20 Å². The van der Waals surface area contributed by atoms with Crippen LogP contribution in [-0.2, 0) is 0 Å². The highest BCUT2D eigenvalue weighted by Gasteiger charge is 2.06. The molecule has 1 N–H and O–H groups in total. The molecule has 0 fully saturated rings. The highest BCUT2D eigenvalue weighted by atomic mass is 35.5. The number of fused-ring (bicyclic) bond motifs is 1. The molecule has 0 aliphatic heterocycles. The summed E-state index contributed by atoms with van der Waals surface area (Å²) in [4.78, 5) is 0. The second kappa shape index (κ2) is 2.42. The van der Waals surface area contributed by atoms with Crippen molar-refractivity contribution in [3.05, 3.63) is 23.5 Å². The molecular formula is C7H6BClN2O. The molecule has 2 aromatic rings. The van der Waals surface area contributed by atoms with Crippen molar-refractivity contribution in [1.82, 2.24) is 9.61 Å². The van der Waals surface area contributed by atoms with Gasteiger partial charge in [0.1, 0.15) is 19.1 Å². The highest BCUT2D eigenvalue weighted by molar-refractivity contribution is 6.35. The average molecular weight is 180 g/mol. The first-order valence-electron chi connectivity index (χ1n) is 3.51. The molecular weight excluding hydrogens is 174 g/mol. The molecule has 0 aromatic carbocycles. The number of nitrogens with zero attached hydrogens (tertiary/aromatic N) is 2. The highest BCUT2D eigenvalue weighted by Crippen LogP contribution is 2.23. The molecule has 0 bridgehead atoms. The van der Waals surface area contributed by atoms with Crippen molar-refractivity contribution in [3.8, 4) is 5.75 Å². The van der Waals surface area contributed by atoms with Crippen LogP contribution in [0, 0.1) is 0 Å². The molecule has 0 aliphatic carbocycles. The normalized spacial score (nSPS) is 10.8. The van der Waals surface area contributed by atoms with Crippen molar-refractivity contribution in [2.24, 2.45) is 0 Å². The molecule has 0 atom stereocenters. The second-order valence-electron chi connectivity index (χ2n) is 2.69. The van der Waals surface area contributed by atoms with E-state index >= 15 is 0 Å². The zero-order valence-corrected chi connectivity index (χ0v) is 7.21. The first-order chi connectivity index (χ1) is 5.68. The van der Waals surface area contributed by atoms with Crippen molar-refractivity contribution >= 4 is 30.4 Å². The summed E-state index contributed by atoms with van der Waals surface area (Å²) in [5.41, 5.74) is 1.50. The fraction of sp³-hybridized carbons (Fsp3) is 0. The molecule has 0 amide bonds. The van der Waals surface area contributed by atoms with E-state index in [1.54, 1.807) is 16.8 Å². The van der Waals surface area contributed by atoms with Crippen LogP contribution in [0.5, 0.6) is 5.75 Å². The molecule has 0 saturated carbocycles. The lowest BCUT2D eigenvalue weighted by molar-refractivity contribution is 0.479. The summed E-state index contributed by atoms with van der Waals surface area (Å²) < 4.78 is 1.56. The van der Waals surface area contributed by atoms with E-state index < -0.39 is 0 Å². The topological polar surface area (TPSA) is 37.5 Å². The zero-order valence-electron chi connectivity index (χ0n) is 6.45.